The first-order chi connectivity index (χ1) is 56.5. The number of hydrogen-bond acceptors (Lipinski definition) is 25. The van der Waals surface area contributed by atoms with Gasteiger partial charge in [-0.25, -0.2) is 4.79 Å². The Morgan fingerprint density at radius 2 is 0.908 bits per heavy atom. The Morgan fingerprint density at radius 1 is 0.483 bits per heavy atom. The van der Waals surface area contributed by atoms with Crippen molar-refractivity contribution in [2.45, 2.75) is 236 Å². The normalized spacial score (nSPS) is 17.4. The molecular weight excluding hydrogens is 1570 g/mol. The van der Waals surface area contributed by atoms with Gasteiger partial charge in [0.05, 0.1) is 44.4 Å². The number of carboxylic acid groups (broad SMARTS) is 1. The van der Waals surface area contributed by atoms with Crippen LogP contribution in [0.2, 0.25) is 0 Å². The maximum absolute atomic E-state index is 14.6. The molecule has 2 aliphatic heterocycles. The topological polar surface area (TPSA) is 717 Å². The molecule has 2 fully saturated rings. The van der Waals surface area contributed by atoms with Crippen molar-refractivity contribution in [1.29, 1.82) is 0 Å². The summed E-state index contributed by atoms with van der Waals surface area (Å²) in [7, 11) is 0. The Bertz CT molecular complexity index is 3920. The van der Waals surface area contributed by atoms with E-state index in [0.29, 0.717) is 36.8 Å². The highest BCUT2D eigenvalue weighted by Gasteiger charge is 2.42. The lowest BCUT2D eigenvalue weighted by molar-refractivity contribution is -0.149. The van der Waals surface area contributed by atoms with Crippen molar-refractivity contribution in [2.75, 3.05) is 45.9 Å². The maximum atomic E-state index is 14.6. The highest BCUT2D eigenvalue weighted by Crippen LogP contribution is 2.23. The minimum absolute atomic E-state index is 0.00960. The summed E-state index contributed by atoms with van der Waals surface area (Å²) < 4.78 is 0. The molecule has 17 atom stereocenters. The third kappa shape index (κ3) is 32.4. The van der Waals surface area contributed by atoms with Gasteiger partial charge in [-0.15, -0.1) is 0 Å². The predicted octanol–water partition coefficient (Wildman–Crippen LogP) is -8.60. The minimum Gasteiger partial charge on any atom is -0.508 e. The van der Waals surface area contributed by atoms with Crippen molar-refractivity contribution in [3.63, 3.8) is 0 Å². The number of carbonyl (C=O) groups excluding carboxylic acids is 16. The number of hydrogen-bond donors (Lipinski definition) is 24. The number of carbonyl (C=O) groups is 17. The van der Waals surface area contributed by atoms with Gasteiger partial charge >= 0.3 is 5.97 Å². The second kappa shape index (κ2) is 49.5. The van der Waals surface area contributed by atoms with Crippen LogP contribution in [-0.4, -0.2) is 290 Å². The van der Waals surface area contributed by atoms with Crippen molar-refractivity contribution in [1.82, 2.24) is 78.9 Å². The molecule has 0 aliphatic carbocycles. The van der Waals surface area contributed by atoms with Crippen molar-refractivity contribution in [3.05, 3.63) is 59.7 Å². The molecule has 0 saturated carbocycles. The molecule has 0 radical (unpaired) electrons. The average Bonchev–Trinajstić information content (AvgIpc) is 1.55. The smallest absolute Gasteiger partial charge is 0.326 e. The van der Waals surface area contributed by atoms with Gasteiger partial charge in [0.15, 0.2) is 5.96 Å². The van der Waals surface area contributed by atoms with Gasteiger partial charge in [0, 0.05) is 32.5 Å². The number of likely N-dealkylation sites (tertiary alicyclic amines) is 2. The number of nitrogens with two attached hydrogens (primary N) is 5. The number of phenolic OH excluding ortho intramolecular Hbond substituents is 2. The summed E-state index contributed by atoms with van der Waals surface area (Å²) in [6.45, 7) is 8.99. The van der Waals surface area contributed by atoms with E-state index in [1.54, 1.807) is 27.7 Å². The van der Waals surface area contributed by atoms with Gasteiger partial charge in [0.25, 0.3) is 0 Å². The number of unbranched alkanes of at least 4 members (excludes halogenated alkanes) is 1. The van der Waals surface area contributed by atoms with Gasteiger partial charge in [0.1, 0.15) is 90.0 Å². The number of rotatable bonds is 49. The van der Waals surface area contributed by atoms with E-state index in [2.05, 4.69) is 74.1 Å². The molecule has 120 heavy (non-hydrogen) atoms. The van der Waals surface area contributed by atoms with E-state index >= 15 is 0 Å². The summed E-state index contributed by atoms with van der Waals surface area (Å²) in [5.74, 6) is -18.5. The maximum Gasteiger partial charge on any atom is 0.326 e. The van der Waals surface area contributed by atoms with Crippen LogP contribution in [0.1, 0.15) is 137 Å². The number of nitrogens with zero attached hydrogens (tertiary/aromatic N) is 3. The van der Waals surface area contributed by atoms with E-state index in [0.717, 1.165) is 25.7 Å². The number of aromatic hydroxyl groups is 2. The molecule has 2 aliphatic rings. The predicted molar refractivity (Wildman–Crippen MR) is 429 cm³/mol. The zero-order valence-electron chi connectivity index (χ0n) is 68.5. The highest BCUT2D eigenvalue weighted by molar-refractivity contribution is 6.01. The largest absolute Gasteiger partial charge is 0.508 e. The monoisotopic (exact) mass is 1690 g/mol. The van der Waals surface area contributed by atoms with Gasteiger partial charge < -0.3 is 138 Å². The molecule has 2 aromatic rings. The lowest BCUT2D eigenvalue weighted by atomic mass is 9.96. The molecule has 0 spiro atoms. The Kier molecular flexibility index (Phi) is 41.4. The number of aliphatic carboxylic acids is 1. The van der Waals surface area contributed by atoms with Crippen molar-refractivity contribution in [2.24, 2.45) is 45.5 Å². The van der Waals surface area contributed by atoms with Gasteiger partial charge in [-0.3, -0.25) is 81.7 Å². The van der Waals surface area contributed by atoms with Gasteiger partial charge in [-0.05, 0) is 139 Å². The summed E-state index contributed by atoms with van der Waals surface area (Å²) in [6.07, 6.45) is -3.04. The van der Waals surface area contributed by atoms with Crippen LogP contribution in [0, 0.1) is 11.8 Å². The Labute approximate surface area is 693 Å². The molecule has 0 bridgehead atoms. The second-order valence-corrected chi connectivity index (χ2v) is 30.0. The second-order valence-electron chi connectivity index (χ2n) is 30.0. The third-order valence-corrected chi connectivity index (χ3v) is 20.0. The number of primary amides is 1. The van der Waals surface area contributed by atoms with E-state index < -0.39 is 229 Å². The van der Waals surface area contributed by atoms with Gasteiger partial charge in [-0.1, -0.05) is 58.4 Å². The van der Waals surface area contributed by atoms with E-state index in [1.807, 2.05) is 0 Å². The molecule has 2 saturated heterocycles. The number of aliphatic imine (C=N–C) groups is 1. The van der Waals surface area contributed by atoms with Crippen LogP contribution in [0.3, 0.4) is 0 Å². The summed E-state index contributed by atoms with van der Waals surface area (Å²) in [5.41, 5.74) is 29.0. The molecule has 2 aromatic carbocycles. The molecule has 4 rings (SSSR count). The van der Waals surface area contributed by atoms with E-state index in [9.17, 15) is 112 Å². The van der Waals surface area contributed by atoms with Crippen LogP contribution in [-0.2, 0) is 94.3 Å². The number of benzene rings is 2. The summed E-state index contributed by atoms with van der Waals surface area (Å²) >= 11 is 0. The molecule has 44 heteroatoms. The number of aliphatic hydroxyl groups is 3. The highest BCUT2D eigenvalue weighted by atomic mass is 16.4. The molecule has 0 aromatic heterocycles. The van der Waals surface area contributed by atoms with E-state index in [1.165, 1.54) is 60.4 Å². The fourth-order valence-electron chi connectivity index (χ4n) is 12.8. The van der Waals surface area contributed by atoms with Crippen LogP contribution >= 0.6 is 0 Å². The molecular formula is C76H119N21O23. The van der Waals surface area contributed by atoms with E-state index in [4.69, 9.17) is 28.7 Å². The van der Waals surface area contributed by atoms with Gasteiger partial charge in [0.2, 0.25) is 94.5 Å². The zero-order chi connectivity index (χ0) is 89.9. The first-order valence-electron chi connectivity index (χ1n) is 39.6. The van der Waals surface area contributed by atoms with Crippen molar-refractivity contribution >= 4 is 106 Å². The van der Waals surface area contributed by atoms with E-state index in [-0.39, 0.29) is 101 Å². The molecule has 0 unspecified atom stereocenters. The number of carboxylic acids is 1. The van der Waals surface area contributed by atoms with Crippen LogP contribution in [0.15, 0.2) is 53.5 Å². The van der Waals surface area contributed by atoms with Crippen LogP contribution in [0.4, 0.5) is 0 Å². The summed E-state index contributed by atoms with van der Waals surface area (Å²) in [5, 5.41) is 93.2. The Morgan fingerprint density at radius 3 is 1.42 bits per heavy atom. The van der Waals surface area contributed by atoms with Crippen LogP contribution < -0.4 is 97.8 Å². The average molecular weight is 1690 g/mol. The number of aliphatic hydroxyl groups excluding tert-OH is 3. The Hall–Kier alpha value is -11.9. The fourth-order valence-corrected chi connectivity index (χ4v) is 12.8. The fraction of sp³-hybridized carbons (Fsp3) is 0.605. The van der Waals surface area contributed by atoms with Crippen molar-refractivity contribution in [3.8, 4) is 11.5 Å². The molecule has 666 valence electrons. The number of phenols is 2. The van der Waals surface area contributed by atoms with Crippen molar-refractivity contribution < 1.29 is 112 Å². The lowest BCUT2D eigenvalue weighted by Gasteiger charge is -2.30. The van der Waals surface area contributed by atoms with Gasteiger partial charge in [-0.2, -0.15) is 0 Å². The Balaban J connectivity index is 1.44. The number of nitrogens with one attached hydrogen (secondary N) is 13. The lowest BCUT2D eigenvalue weighted by Crippen LogP contribution is -2.63. The number of guanidine groups is 1. The summed E-state index contributed by atoms with van der Waals surface area (Å²) in [6, 6.07) is -10.1. The SMILES string of the molecule is CC[C@H](C)[C@H](NC(=O)[C@H](CCCCN)NC(=O)[C@H](Cc1ccc(O)cc1)NC(=O)[C@@H](NC(=O)CNC(=O)[C@@H]1CCCN1C(=O)[C@@H](N)C(C)C)[C@@H](C)O)C(=O)N[C@H](C(=O)N[C@@H](C)C(=O)N[C@@H](CO)C(=O)N[C@@H](C)C(=O)N[C@@H](CCCN=C(N)N)C(=O)NCC(=O)N[C@@H](Cc1ccc(O)cc1)C(=O)N[C@@H](CC(N)=O)C(=O)N1CCC[C@H]1C(=O)O)[C@@H](C)O. The first-order valence-corrected chi connectivity index (χ1v) is 39.6. The van der Waals surface area contributed by atoms with Crippen LogP contribution in [0.25, 0.3) is 0 Å². The molecule has 2 heterocycles. The molecule has 16 amide bonds. The number of amides is 16. The van der Waals surface area contributed by atoms with Crippen LogP contribution in [0.5, 0.6) is 11.5 Å². The zero-order valence-corrected chi connectivity index (χ0v) is 68.5. The quantitative estimate of drug-likeness (QED) is 0.0166. The standard InChI is InChI=1S/C76H119N21O23/c1-9-38(4)59(94-65(109)48(15-10-11-27-77)89-67(111)50(32-44-21-25-46(102)26-22-44)90-72(116)60(41(7)99)93-57(105)35-84-69(113)53-17-13-29-96(53)74(118)58(79)37(2)3)70(114)95-61(42(8)100)71(115)86-40(6)63(107)92-52(36-98)68(112)85-39(5)62(106)88-47(16-12-28-82-76(80)81)64(108)83-34-56(104)87-49(31-43-19-23-45(101)24-20-43)66(110)91-51(33-55(78)103)73(117)97-30-14-18-54(97)75(119)120/h19-26,37-42,47-54,58-61,98-102H,9-18,27-36,77,79H2,1-8H3,(H2,78,103)(H,83,108)(H,84,113)(H,85,112)(H,86,115)(H,87,104)(H,88,106)(H,89,111)(H,90,116)(H,91,110)(H,92,107)(H,93,105)(H,94,109)(H,95,114)(H,119,120)(H4,80,81,82)/t38-,39-,40-,41+,42+,47-,48-,49-,50-,51-,52-,53-,54-,58-,59-,60-,61-/m0/s1. The summed E-state index contributed by atoms with van der Waals surface area (Å²) in [4.78, 5) is 238. The first kappa shape index (κ1) is 100. The third-order valence-electron chi connectivity index (χ3n) is 20.0. The minimum atomic E-state index is -1.87. The molecule has 44 nitrogen and oxygen atoms in total. The molecule has 29 N–H and O–H groups in total.